The summed E-state index contributed by atoms with van der Waals surface area (Å²) in [6.07, 6.45) is 1.37. The number of fused-ring (bicyclic) bond motifs is 1. The molecule has 164 valence electrons. The highest BCUT2D eigenvalue weighted by Crippen LogP contribution is 2.31. The van der Waals surface area contributed by atoms with Crippen LogP contribution in [0.15, 0.2) is 71.8 Å². The summed E-state index contributed by atoms with van der Waals surface area (Å²) in [7, 11) is -3.63. The van der Waals surface area contributed by atoms with Gasteiger partial charge in [0.05, 0.1) is 27.6 Å². The second-order valence-electron chi connectivity index (χ2n) is 7.27. The molecule has 0 saturated heterocycles. The molecule has 0 aliphatic rings. The van der Waals surface area contributed by atoms with Gasteiger partial charge in [-0.15, -0.1) is 0 Å². The van der Waals surface area contributed by atoms with Gasteiger partial charge in [0.1, 0.15) is 11.3 Å². The van der Waals surface area contributed by atoms with Gasteiger partial charge in [0.25, 0.3) is 0 Å². The van der Waals surface area contributed by atoms with E-state index in [-0.39, 0.29) is 29.1 Å². The fourth-order valence-electron chi connectivity index (χ4n) is 3.15. The number of hydrogen-bond donors (Lipinski definition) is 0. The van der Waals surface area contributed by atoms with E-state index in [1.54, 1.807) is 48.7 Å². The number of thiazole rings is 1. The van der Waals surface area contributed by atoms with E-state index in [2.05, 4.69) is 9.97 Å². The van der Waals surface area contributed by atoms with Crippen molar-refractivity contribution in [3.05, 3.63) is 83.9 Å². The minimum Gasteiger partial charge on any atom is -0.282 e. The minimum atomic E-state index is -3.63. The van der Waals surface area contributed by atoms with Gasteiger partial charge in [-0.3, -0.25) is 14.7 Å². The van der Waals surface area contributed by atoms with E-state index in [4.69, 9.17) is 0 Å². The number of amides is 1. The van der Waals surface area contributed by atoms with E-state index >= 15 is 0 Å². The Morgan fingerprint density at radius 1 is 1.06 bits per heavy atom. The number of rotatable bonds is 7. The fraction of sp³-hybridized carbons (Fsp3) is 0.174. The SMILES string of the molecule is Cc1ccc(S(=O)(=O)CCC(=O)N(Cc2ccccn2)c2nc3c(F)cccc3s2)cc1. The first-order valence-corrected chi connectivity index (χ1v) is 12.3. The maximum atomic E-state index is 14.2. The lowest BCUT2D eigenvalue weighted by Gasteiger charge is -2.19. The van der Waals surface area contributed by atoms with Crippen LogP contribution in [0.2, 0.25) is 0 Å². The van der Waals surface area contributed by atoms with Crippen LogP contribution in [0.3, 0.4) is 0 Å². The van der Waals surface area contributed by atoms with Crippen molar-refractivity contribution in [2.24, 2.45) is 0 Å². The van der Waals surface area contributed by atoms with Gasteiger partial charge in [0.2, 0.25) is 5.91 Å². The van der Waals surface area contributed by atoms with Crippen molar-refractivity contribution in [1.82, 2.24) is 9.97 Å². The Morgan fingerprint density at radius 3 is 2.53 bits per heavy atom. The quantitative estimate of drug-likeness (QED) is 0.397. The topological polar surface area (TPSA) is 80.2 Å². The Kier molecular flexibility index (Phi) is 6.29. The van der Waals surface area contributed by atoms with E-state index in [0.717, 1.165) is 5.56 Å². The second kappa shape index (κ2) is 9.13. The largest absolute Gasteiger partial charge is 0.282 e. The van der Waals surface area contributed by atoms with E-state index in [1.165, 1.54) is 34.4 Å². The monoisotopic (exact) mass is 469 g/mol. The van der Waals surface area contributed by atoms with Crippen LogP contribution in [0.5, 0.6) is 0 Å². The van der Waals surface area contributed by atoms with Crippen molar-refractivity contribution in [2.75, 3.05) is 10.7 Å². The number of nitrogens with zero attached hydrogens (tertiary/aromatic N) is 3. The predicted molar refractivity (Wildman–Crippen MR) is 123 cm³/mol. The van der Waals surface area contributed by atoms with Crippen molar-refractivity contribution >= 4 is 42.4 Å². The molecule has 1 amide bonds. The van der Waals surface area contributed by atoms with Gasteiger partial charge in [-0.2, -0.15) is 0 Å². The number of para-hydroxylation sites is 1. The van der Waals surface area contributed by atoms with Crippen molar-refractivity contribution < 1.29 is 17.6 Å². The number of aryl methyl sites for hydroxylation is 1. The molecule has 2 aromatic carbocycles. The minimum absolute atomic E-state index is 0.103. The average molecular weight is 470 g/mol. The number of carbonyl (C=O) groups excluding carboxylic acids is 1. The van der Waals surface area contributed by atoms with Crippen molar-refractivity contribution in [3.63, 3.8) is 0 Å². The Bertz CT molecular complexity index is 1350. The number of pyridine rings is 1. The van der Waals surface area contributed by atoms with Crippen molar-refractivity contribution in [3.8, 4) is 0 Å². The third kappa shape index (κ3) is 4.84. The third-order valence-electron chi connectivity index (χ3n) is 4.90. The summed E-state index contributed by atoms with van der Waals surface area (Å²) >= 11 is 1.18. The number of hydrogen-bond acceptors (Lipinski definition) is 6. The first kappa shape index (κ1) is 22.0. The molecule has 0 fully saturated rings. The van der Waals surface area contributed by atoms with Gasteiger partial charge in [0.15, 0.2) is 15.0 Å². The van der Waals surface area contributed by atoms with Gasteiger partial charge in [0, 0.05) is 12.6 Å². The van der Waals surface area contributed by atoms with Crippen LogP contribution in [-0.2, 0) is 21.2 Å². The normalized spacial score (nSPS) is 11.6. The summed E-state index contributed by atoms with van der Waals surface area (Å²) < 4.78 is 40.2. The van der Waals surface area contributed by atoms with Gasteiger partial charge >= 0.3 is 0 Å². The number of anilines is 1. The molecule has 0 aliphatic carbocycles. The first-order chi connectivity index (χ1) is 15.3. The smallest absolute Gasteiger partial charge is 0.230 e. The number of sulfone groups is 1. The summed E-state index contributed by atoms with van der Waals surface area (Å²) in [5.41, 5.74) is 1.74. The fourth-order valence-corrected chi connectivity index (χ4v) is 5.38. The maximum absolute atomic E-state index is 14.2. The molecular weight excluding hydrogens is 449 g/mol. The predicted octanol–water partition coefficient (Wildman–Crippen LogP) is 4.54. The highest BCUT2D eigenvalue weighted by atomic mass is 32.2. The van der Waals surface area contributed by atoms with E-state index in [9.17, 15) is 17.6 Å². The van der Waals surface area contributed by atoms with Crippen LogP contribution in [0.4, 0.5) is 9.52 Å². The van der Waals surface area contributed by atoms with Crippen LogP contribution in [0, 0.1) is 12.7 Å². The number of carbonyl (C=O) groups is 1. The average Bonchev–Trinajstić information content (AvgIpc) is 3.22. The molecule has 0 bridgehead atoms. The Balaban J connectivity index is 1.61. The van der Waals surface area contributed by atoms with Gasteiger partial charge in [-0.05, 0) is 43.3 Å². The van der Waals surface area contributed by atoms with Crippen LogP contribution < -0.4 is 4.90 Å². The molecular formula is C23H20FN3O3S2. The Morgan fingerprint density at radius 2 is 1.84 bits per heavy atom. The zero-order valence-corrected chi connectivity index (χ0v) is 18.9. The van der Waals surface area contributed by atoms with E-state index < -0.39 is 21.6 Å². The van der Waals surface area contributed by atoms with Crippen molar-refractivity contribution in [1.29, 1.82) is 0 Å². The van der Waals surface area contributed by atoms with Crippen LogP contribution in [0.1, 0.15) is 17.7 Å². The lowest BCUT2D eigenvalue weighted by atomic mass is 10.2. The Hall–Kier alpha value is -3.17. The molecule has 9 heteroatoms. The molecule has 0 radical (unpaired) electrons. The van der Waals surface area contributed by atoms with Crippen LogP contribution >= 0.6 is 11.3 Å². The molecule has 0 saturated carbocycles. The van der Waals surface area contributed by atoms with Crippen LogP contribution in [0.25, 0.3) is 10.2 Å². The number of benzene rings is 2. The highest BCUT2D eigenvalue weighted by molar-refractivity contribution is 7.91. The Labute approximate surface area is 189 Å². The molecule has 32 heavy (non-hydrogen) atoms. The number of aromatic nitrogens is 2. The van der Waals surface area contributed by atoms with E-state index in [0.29, 0.717) is 15.5 Å². The second-order valence-corrected chi connectivity index (χ2v) is 10.4. The van der Waals surface area contributed by atoms with Gasteiger partial charge < -0.3 is 0 Å². The van der Waals surface area contributed by atoms with Gasteiger partial charge in [-0.25, -0.2) is 17.8 Å². The summed E-state index contributed by atoms with van der Waals surface area (Å²) in [6, 6.07) is 16.5. The summed E-state index contributed by atoms with van der Waals surface area (Å²) in [6.45, 7) is 1.97. The molecule has 2 aromatic heterocycles. The highest BCUT2D eigenvalue weighted by Gasteiger charge is 2.24. The van der Waals surface area contributed by atoms with Gasteiger partial charge in [-0.1, -0.05) is 41.2 Å². The lowest BCUT2D eigenvalue weighted by molar-refractivity contribution is -0.118. The van der Waals surface area contributed by atoms with E-state index in [1.807, 2.05) is 6.92 Å². The molecule has 0 atom stereocenters. The zero-order valence-electron chi connectivity index (χ0n) is 17.2. The van der Waals surface area contributed by atoms with Crippen LogP contribution in [-0.4, -0.2) is 30.0 Å². The molecule has 6 nitrogen and oxygen atoms in total. The molecule has 0 N–H and O–H groups in total. The lowest BCUT2D eigenvalue weighted by Crippen LogP contribution is -2.32. The molecule has 4 rings (SSSR count). The maximum Gasteiger partial charge on any atom is 0.230 e. The summed E-state index contributed by atoms with van der Waals surface area (Å²) in [5, 5.41) is 0.300. The molecule has 4 aromatic rings. The molecule has 0 spiro atoms. The zero-order chi connectivity index (χ0) is 22.7. The summed E-state index contributed by atoms with van der Waals surface area (Å²) in [4.78, 5) is 23.3. The first-order valence-electron chi connectivity index (χ1n) is 9.88. The summed E-state index contributed by atoms with van der Waals surface area (Å²) in [5.74, 6) is -1.24. The molecule has 2 heterocycles. The molecule has 0 aliphatic heterocycles. The van der Waals surface area contributed by atoms with Crippen molar-refractivity contribution in [2.45, 2.75) is 24.8 Å². The third-order valence-corrected chi connectivity index (χ3v) is 7.68. The number of halogens is 1. The standard InChI is InChI=1S/C23H20FN3O3S2/c1-16-8-10-18(11-9-16)32(29,30)14-12-21(28)27(15-17-5-2-3-13-25-17)23-26-22-19(24)6-4-7-20(22)31-23/h2-11,13H,12,14-15H2,1H3. The molecule has 0 unspecified atom stereocenters.